The van der Waals surface area contributed by atoms with Crippen LogP contribution in [-0.4, -0.2) is 17.7 Å². The summed E-state index contributed by atoms with van der Waals surface area (Å²) in [5.74, 6) is -0.583. The lowest BCUT2D eigenvalue weighted by Crippen LogP contribution is -2.10. The third-order valence-electron chi connectivity index (χ3n) is 0.403. The van der Waals surface area contributed by atoms with Gasteiger partial charge < -0.3 is 4.74 Å². The minimum absolute atomic E-state index is 0.0429. The molecule has 0 fully saturated rings. The molecule has 0 aromatic heterocycles. The minimum Gasteiger partial charge on any atom is -0.431 e. The molecule has 0 radical (unpaired) electrons. The Hall–Kier alpha value is -0.120. The maximum Gasteiger partial charge on any atom is 0.319 e. The molecule has 4 heteroatoms. The molecule has 0 amide bonds. The summed E-state index contributed by atoms with van der Waals surface area (Å²) < 4.78 is 15.7. The number of alkyl halides is 2. The molecule has 1 atom stereocenters. The van der Waals surface area contributed by atoms with Gasteiger partial charge in [-0.15, -0.1) is 0 Å². The van der Waals surface area contributed by atoms with Crippen LogP contribution in [0.1, 0.15) is 6.92 Å². The van der Waals surface area contributed by atoms with E-state index in [9.17, 15) is 9.18 Å². The molecule has 0 spiro atoms. The number of rotatable bonds is 2. The van der Waals surface area contributed by atoms with Crippen molar-refractivity contribution in [3.8, 4) is 0 Å². The molecule has 0 heterocycles. The summed E-state index contributed by atoms with van der Waals surface area (Å²) >= 11 is 2.80. The SMILES string of the molecule is CC(F)OC(=O)CBr. The Morgan fingerprint density at radius 3 is 2.62 bits per heavy atom. The van der Waals surface area contributed by atoms with Gasteiger partial charge in [-0.25, -0.2) is 4.39 Å². The molecule has 0 aliphatic heterocycles. The third kappa shape index (κ3) is 4.05. The zero-order valence-corrected chi connectivity index (χ0v) is 5.94. The van der Waals surface area contributed by atoms with Crippen LogP contribution >= 0.6 is 15.9 Å². The second kappa shape index (κ2) is 3.83. The summed E-state index contributed by atoms with van der Waals surface area (Å²) in [4.78, 5) is 10.1. The highest BCUT2D eigenvalue weighted by Crippen LogP contribution is 1.93. The highest BCUT2D eigenvalue weighted by atomic mass is 79.9. The number of carbonyl (C=O) groups excluding carboxylic acids is 1. The Bertz CT molecular complexity index is 84.1. The first-order chi connectivity index (χ1) is 3.66. The van der Waals surface area contributed by atoms with Gasteiger partial charge in [0.2, 0.25) is 6.36 Å². The summed E-state index contributed by atoms with van der Waals surface area (Å²) in [6, 6.07) is 0. The zero-order valence-electron chi connectivity index (χ0n) is 4.36. The molecule has 0 aromatic carbocycles. The molecule has 2 nitrogen and oxygen atoms in total. The number of ether oxygens (including phenoxy) is 1. The van der Waals surface area contributed by atoms with E-state index in [1.165, 1.54) is 0 Å². The van der Waals surface area contributed by atoms with Gasteiger partial charge in [0.15, 0.2) is 0 Å². The van der Waals surface area contributed by atoms with E-state index in [0.29, 0.717) is 0 Å². The molecule has 8 heavy (non-hydrogen) atoms. The lowest BCUT2D eigenvalue weighted by atomic mass is 10.7. The van der Waals surface area contributed by atoms with E-state index in [4.69, 9.17) is 0 Å². The highest BCUT2D eigenvalue weighted by molar-refractivity contribution is 9.09. The largest absolute Gasteiger partial charge is 0.431 e. The molecule has 0 aliphatic carbocycles. The van der Waals surface area contributed by atoms with Gasteiger partial charge in [-0.3, -0.25) is 4.79 Å². The first-order valence-corrected chi connectivity index (χ1v) is 3.18. The van der Waals surface area contributed by atoms with Gasteiger partial charge in [-0.2, -0.15) is 0 Å². The predicted molar refractivity (Wildman–Crippen MR) is 30.5 cm³/mol. The lowest BCUT2D eigenvalue weighted by Gasteiger charge is -2.00. The van der Waals surface area contributed by atoms with E-state index in [0.717, 1.165) is 6.92 Å². The van der Waals surface area contributed by atoms with Crippen molar-refractivity contribution >= 4 is 21.9 Å². The smallest absolute Gasteiger partial charge is 0.319 e. The fourth-order valence-electron chi connectivity index (χ4n) is 0.213. The van der Waals surface area contributed by atoms with Crippen molar-refractivity contribution in [2.75, 3.05) is 5.33 Å². The Morgan fingerprint density at radius 2 is 2.50 bits per heavy atom. The zero-order chi connectivity index (χ0) is 6.57. The van der Waals surface area contributed by atoms with Crippen molar-refractivity contribution in [2.24, 2.45) is 0 Å². The normalized spacial score (nSPS) is 12.9. The minimum atomic E-state index is -1.50. The van der Waals surface area contributed by atoms with Crippen LogP contribution in [0.3, 0.4) is 0 Å². The maximum atomic E-state index is 11.7. The number of esters is 1. The average Bonchev–Trinajstić information content (AvgIpc) is 1.65. The average molecular weight is 185 g/mol. The van der Waals surface area contributed by atoms with Crippen molar-refractivity contribution in [2.45, 2.75) is 13.3 Å². The summed E-state index contributed by atoms with van der Waals surface area (Å²) in [5.41, 5.74) is 0. The molecule has 0 saturated heterocycles. The van der Waals surface area contributed by atoms with Crippen LogP contribution in [0.25, 0.3) is 0 Å². The number of hydrogen-bond donors (Lipinski definition) is 0. The number of hydrogen-bond acceptors (Lipinski definition) is 2. The van der Waals surface area contributed by atoms with Gasteiger partial charge in [-0.1, -0.05) is 15.9 Å². The van der Waals surface area contributed by atoms with Crippen molar-refractivity contribution in [1.82, 2.24) is 0 Å². The summed E-state index contributed by atoms with van der Waals surface area (Å²) in [6.45, 7) is 1.15. The fourth-order valence-corrected chi connectivity index (χ4v) is 0.345. The molecular formula is C4H6BrFO2. The molecule has 0 rings (SSSR count). The van der Waals surface area contributed by atoms with Crippen LogP contribution in [0.2, 0.25) is 0 Å². The Morgan fingerprint density at radius 1 is 2.00 bits per heavy atom. The molecule has 0 N–H and O–H groups in total. The van der Waals surface area contributed by atoms with Gasteiger partial charge in [0.25, 0.3) is 0 Å². The van der Waals surface area contributed by atoms with Crippen molar-refractivity contribution in [3.05, 3.63) is 0 Å². The highest BCUT2D eigenvalue weighted by Gasteiger charge is 2.03. The first kappa shape index (κ1) is 7.88. The third-order valence-corrected chi connectivity index (χ3v) is 0.861. The van der Waals surface area contributed by atoms with Crippen molar-refractivity contribution in [3.63, 3.8) is 0 Å². The second-order valence-corrected chi connectivity index (χ2v) is 1.73. The molecule has 0 aromatic rings. The van der Waals surface area contributed by atoms with Gasteiger partial charge in [0.05, 0.1) is 0 Å². The predicted octanol–water partition coefficient (Wildman–Crippen LogP) is 1.24. The van der Waals surface area contributed by atoms with Crippen LogP contribution < -0.4 is 0 Å². The van der Waals surface area contributed by atoms with Crippen LogP contribution in [0.4, 0.5) is 4.39 Å². The van der Waals surface area contributed by atoms with Crippen LogP contribution in [0.15, 0.2) is 0 Å². The van der Waals surface area contributed by atoms with Gasteiger partial charge >= 0.3 is 5.97 Å². The van der Waals surface area contributed by atoms with E-state index in [-0.39, 0.29) is 5.33 Å². The van der Waals surface area contributed by atoms with Crippen LogP contribution in [0, 0.1) is 0 Å². The second-order valence-electron chi connectivity index (χ2n) is 1.17. The monoisotopic (exact) mass is 184 g/mol. The van der Waals surface area contributed by atoms with Crippen molar-refractivity contribution in [1.29, 1.82) is 0 Å². The number of carbonyl (C=O) groups is 1. The Balaban J connectivity index is 3.25. The molecule has 0 bridgehead atoms. The van der Waals surface area contributed by atoms with E-state index in [1.54, 1.807) is 0 Å². The number of halogens is 2. The molecule has 0 saturated carbocycles. The van der Waals surface area contributed by atoms with Gasteiger partial charge in [-0.05, 0) is 0 Å². The molecule has 0 aliphatic rings. The van der Waals surface area contributed by atoms with E-state index in [2.05, 4.69) is 20.7 Å². The van der Waals surface area contributed by atoms with Crippen molar-refractivity contribution < 1.29 is 13.9 Å². The van der Waals surface area contributed by atoms with Gasteiger partial charge in [0, 0.05) is 6.92 Å². The van der Waals surface area contributed by atoms with E-state index in [1.807, 2.05) is 0 Å². The Labute approximate surface area is 55.1 Å². The van der Waals surface area contributed by atoms with E-state index >= 15 is 0 Å². The summed E-state index contributed by atoms with van der Waals surface area (Å²) in [6.07, 6.45) is -1.50. The standard InChI is InChI=1S/C4H6BrFO2/c1-3(6)8-4(7)2-5/h3H,2H2,1H3. The summed E-state index contributed by atoms with van der Waals surface area (Å²) in [7, 11) is 0. The Kier molecular flexibility index (Phi) is 3.77. The molecule has 1 unspecified atom stereocenters. The van der Waals surface area contributed by atoms with Crippen LogP contribution in [0.5, 0.6) is 0 Å². The first-order valence-electron chi connectivity index (χ1n) is 2.06. The van der Waals surface area contributed by atoms with E-state index < -0.39 is 12.3 Å². The quantitative estimate of drug-likeness (QED) is 0.477. The fraction of sp³-hybridized carbons (Fsp3) is 0.750. The van der Waals surface area contributed by atoms with Gasteiger partial charge in [0.1, 0.15) is 5.33 Å². The van der Waals surface area contributed by atoms with Crippen LogP contribution in [-0.2, 0) is 9.53 Å². The lowest BCUT2D eigenvalue weighted by molar-refractivity contribution is -0.152. The molecular weight excluding hydrogens is 179 g/mol. The molecule has 48 valence electrons. The maximum absolute atomic E-state index is 11.7. The topological polar surface area (TPSA) is 26.3 Å². The summed E-state index contributed by atoms with van der Waals surface area (Å²) in [5, 5.41) is 0.0429.